The Balaban J connectivity index is 1.61. The summed E-state index contributed by atoms with van der Waals surface area (Å²) in [4.78, 5) is 12.0. The topological polar surface area (TPSA) is 61.7 Å². The maximum Gasteiger partial charge on any atom is 0.243 e. The number of nitrogens with zero attached hydrogens (tertiary/aromatic N) is 1. The number of hydrazone groups is 1. The summed E-state index contributed by atoms with van der Waals surface area (Å²) in [5, 5.41) is 14.2. The molecule has 112 valence electrons. The molecule has 0 unspecified atom stereocenters. The van der Waals surface area contributed by atoms with E-state index in [1.165, 1.54) is 31.2 Å². The molecule has 0 aliphatic heterocycles. The van der Waals surface area contributed by atoms with Crippen LogP contribution in [0.1, 0.15) is 31.2 Å². The van der Waals surface area contributed by atoms with Gasteiger partial charge in [-0.2, -0.15) is 5.10 Å². The third-order valence-corrected chi connectivity index (χ3v) is 4.90. The SMILES string of the molecule is O=C(N/N=C\c1cc(Cl)cc(Cl)c1O)C1[C@@H]2CCCC[C@@H]12. The van der Waals surface area contributed by atoms with E-state index in [2.05, 4.69) is 10.5 Å². The smallest absolute Gasteiger partial charge is 0.243 e. The molecule has 6 heteroatoms. The molecule has 4 nitrogen and oxygen atoms in total. The summed E-state index contributed by atoms with van der Waals surface area (Å²) in [7, 11) is 0. The lowest BCUT2D eigenvalue weighted by molar-refractivity contribution is -0.122. The Morgan fingerprint density at radius 2 is 1.95 bits per heavy atom. The molecule has 1 amide bonds. The fourth-order valence-electron chi connectivity index (χ4n) is 3.31. The van der Waals surface area contributed by atoms with Gasteiger partial charge in [0.05, 0.1) is 11.2 Å². The Labute approximate surface area is 133 Å². The van der Waals surface area contributed by atoms with Crippen molar-refractivity contribution in [3.05, 3.63) is 27.7 Å². The predicted octanol–water partition coefficient (Wildman–Crippen LogP) is 3.59. The summed E-state index contributed by atoms with van der Waals surface area (Å²) in [6.45, 7) is 0. The van der Waals surface area contributed by atoms with Gasteiger partial charge in [-0.3, -0.25) is 4.79 Å². The van der Waals surface area contributed by atoms with Crippen LogP contribution >= 0.6 is 23.2 Å². The van der Waals surface area contributed by atoms with Crippen molar-refractivity contribution in [2.24, 2.45) is 22.9 Å². The quantitative estimate of drug-likeness (QED) is 0.658. The largest absolute Gasteiger partial charge is 0.506 e. The maximum atomic E-state index is 12.0. The lowest BCUT2D eigenvalue weighted by atomic mass is 10.0. The molecule has 0 aromatic heterocycles. The number of aromatic hydroxyl groups is 1. The Morgan fingerprint density at radius 1 is 1.29 bits per heavy atom. The number of carbonyl (C=O) groups excluding carboxylic acids is 1. The van der Waals surface area contributed by atoms with Crippen LogP contribution in [0.15, 0.2) is 17.2 Å². The molecule has 1 aromatic rings. The normalized spacial score (nSPS) is 27.4. The first-order valence-corrected chi connectivity index (χ1v) is 7.84. The molecule has 3 rings (SSSR count). The van der Waals surface area contributed by atoms with Crippen LogP contribution in [0.2, 0.25) is 10.0 Å². The molecule has 2 aliphatic rings. The van der Waals surface area contributed by atoms with Crippen LogP contribution in [0.5, 0.6) is 5.75 Å². The van der Waals surface area contributed by atoms with Crippen molar-refractivity contribution >= 4 is 35.3 Å². The van der Waals surface area contributed by atoms with Crippen molar-refractivity contribution in [1.82, 2.24) is 5.43 Å². The van der Waals surface area contributed by atoms with Crippen LogP contribution in [0.25, 0.3) is 0 Å². The molecule has 0 heterocycles. The number of phenols is 1. The summed E-state index contributed by atoms with van der Waals surface area (Å²) in [5.41, 5.74) is 2.92. The van der Waals surface area contributed by atoms with Crippen molar-refractivity contribution in [2.45, 2.75) is 25.7 Å². The Hall–Kier alpha value is -1.26. The minimum absolute atomic E-state index is 0.0317. The Morgan fingerprint density at radius 3 is 2.62 bits per heavy atom. The molecule has 1 aromatic carbocycles. The highest BCUT2D eigenvalue weighted by Gasteiger charge is 2.54. The predicted molar refractivity (Wildman–Crippen MR) is 82.8 cm³/mol. The van der Waals surface area contributed by atoms with Crippen molar-refractivity contribution in [2.75, 3.05) is 0 Å². The molecular formula is C15H16Cl2N2O2. The molecule has 2 aliphatic carbocycles. The van der Waals surface area contributed by atoms with E-state index in [0.717, 1.165) is 12.8 Å². The molecule has 2 N–H and O–H groups in total. The molecule has 0 radical (unpaired) electrons. The van der Waals surface area contributed by atoms with E-state index in [0.29, 0.717) is 22.4 Å². The van der Waals surface area contributed by atoms with E-state index in [-0.39, 0.29) is 22.6 Å². The number of benzene rings is 1. The summed E-state index contributed by atoms with van der Waals surface area (Å²) >= 11 is 11.7. The van der Waals surface area contributed by atoms with Gasteiger partial charge < -0.3 is 5.11 Å². The van der Waals surface area contributed by atoms with Gasteiger partial charge >= 0.3 is 0 Å². The van der Waals surface area contributed by atoms with Gasteiger partial charge in [-0.05, 0) is 36.8 Å². The maximum absolute atomic E-state index is 12.0. The van der Waals surface area contributed by atoms with Crippen LogP contribution < -0.4 is 5.43 Å². The zero-order valence-electron chi connectivity index (χ0n) is 11.4. The van der Waals surface area contributed by atoms with E-state index in [9.17, 15) is 9.90 Å². The monoisotopic (exact) mass is 326 g/mol. The number of hydrogen-bond donors (Lipinski definition) is 2. The van der Waals surface area contributed by atoms with Crippen molar-refractivity contribution in [1.29, 1.82) is 0 Å². The van der Waals surface area contributed by atoms with Gasteiger partial charge in [0.15, 0.2) is 0 Å². The second-order valence-electron chi connectivity index (χ2n) is 5.70. The Bertz CT molecular complexity index is 592. The highest BCUT2D eigenvalue weighted by molar-refractivity contribution is 6.36. The van der Waals surface area contributed by atoms with Gasteiger partial charge in [0.1, 0.15) is 5.75 Å². The first kappa shape index (κ1) is 14.7. The Kier molecular flexibility index (Phi) is 4.09. The van der Waals surface area contributed by atoms with Gasteiger partial charge in [0.25, 0.3) is 0 Å². The molecular weight excluding hydrogens is 311 g/mol. The minimum atomic E-state index is -0.0980. The van der Waals surface area contributed by atoms with Crippen molar-refractivity contribution in [3.8, 4) is 5.75 Å². The van der Waals surface area contributed by atoms with Crippen LogP contribution in [0.4, 0.5) is 0 Å². The first-order chi connectivity index (χ1) is 10.1. The molecule has 2 fully saturated rings. The highest BCUT2D eigenvalue weighted by atomic mass is 35.5. The zero-order valence-corrected chi connectivity index (χ0v) is 12.9. The number of amides is 1. The van der Waals surface area contributed by atoms with Gasteiger partial charge in [-0.25, -0.2) is 5.43 Å². The average Bonchev–Trinajstić information content (AvgIpc) is 3.18. The van der Waals surface area contributed by atoms with E-state index in [4.69, 9.17) is 23.2 Å². The van der Waals surface area contributed by atoms with Crippen LogP contribution in [0.3, 0.4) is 0 Å². The summed E-state index contributed by atoms with van der Waals surface area (Å²) < 4.78 is 0. The number of rotatable bonds is 3. The van der Waals surface area contributed by atoms with Crippen LogP contribution in [-0.4, -0.2) is 17.2 Å². The van der Waals surface area contributed by atoms with Crippen molar-refractivity contribution in [3.63, 3.8) is 0 Å². The van der Waals surface area contributed by atoms with Crippen LogP contribution in [0, 0.1) is 17.8 Å². The number of nitrogens with one attached hydrogen (secondary N) is 1. The number of halogens is 2. The lowest BCUT2D eigenvalue weighted by Crippen LogP contribution is -2.20. The molecule has 21 heavy (non-hydrogen) atoms. The summed E-state index contributed by atoms with van der Waals surface area (Å²) in [6, 6.07) is 2.98. The molecule has 2 saturated carbocycles. The summed E-state index contributed by atoms with van der Waals surface area (Å²) in [6.07, 6.45) is 6.11. The van der Waals surface area contributed by atoms with E-state index < -0.39 is 0 Å². The van der Waals surface area contributed by atoms with Crippen LogP contribution in [-0.2, 0) is 4.79 Å². The average molecular weight is 327 g/mol. The number of phenolic OH excluding ortho intramolecular Hbond substituents is 1. The first-order valence-electron chi connectivity index (χ1n) is 7.09. The van der Waals surface area contributed by atoms with Gasteiger partial charge in [-0.1, -0.05) is 36.0 Å². The second-order valence-corrected chi connectivity index (χ2v) is 6.54. The fourth-order valence-corrected chi connectivity index (χ4v) is 3.81. The van der Waals surface area contributed by atoms with E-state index in [1.54, 1.807) is 0 Å². The van der Waals surface area contributed by atoms with Gasteiger partial charge in [0, 0.05) is 16.5 Å². The third kappa shape index (κ3) is 3.01. The van der Waals surface area contributed by atoms with Crippen molar-refractivity contribution < 1.29 is 9.90 Å². The molecule has 2 atom stereocenters. The fraction of sp³-hybridized carbons (Fsp3) is 0.467. The van der Waals surface area contributed by atoms with Gasteiger partial charge in [0.2, 0.25) is 5.91 Å². The number of hydrogen-bond acceptors (Lipinski definition) is 3. The zero-order chi connectivity index (χ0) is 15.0. The molecule has 0 spiro atoms. The third-order valence-electron chi connectivity index (χ3n) is 4.40. The van der Waals surface area contributed by atoms with E-state index >= 15 is 0 Å². The molecule has 0 saturated heterocycles. The number of fused-ring (bicyclic) bond motifs is 1. The molecule has 0 bridgehead atoms. The standard InChI is InChI=1S/C15H16Cl2N2O2/c16-9-5-8(14(20)12(17)6-9)7-18-19-15(21)13-10-3-1-2-4-11(10)13/h5-7,10-11,13,20H,1-4H2,(H,19,21)/b18-7-/t10-,11-/m1/s1. The number of carbonyl (C=O) groups is 1. The second kappa shape index (κ2) is 5.85. The summed E-state index contributed by atoms with van der Waals surface area (Å²) in [5.74, 6) is 1.07. The van der Waals surface area contributed by atoms with E-state index in [1.807, 2.05) is 0 Å². The minimum Gasteiger partial charge on any atom is -0.506 e. The lowest BCUT2D eigenvalue weighted by Gasteiger charge is -2.04. The van der Waals surface area contributed by atoms with Gasteiger partial charge in [-0.15, -0.1) is 0 Å². The highest BCUT2D eigenvalue weighted by Crippen LogP contribution is 2.55.